The standard InChI is InChI=1S/C26H36N8O2/c1-4-33-26(36)32(3)22-17-27-25(30-23(22)34(33)21-7-5-6-8-21)29-19-11-9-18(10-12-19)24(35)28-20-13-15-31(2)16-14-20/h9-12,17,20-21H,4-8,13-16H2,1-3H3,(H,28,35)(H,27,29,30). The molecule has 10 heteroatoms. The Labute approximate surface area is 212 Å². The number of fused-ring (bicyclic) bond motifs is 1. The third-order valence-corrected chi connectivity index (χ3v) is 7.52. The van der Waals surface area contributed by atoms with Gasteiger partial charge in [-0.05, 0) is 77.0 Å². The predicted octanol–water partition coefficient (Wildman–Crippen LogP) is 3.60. The molecular formula is C26H36N8O2. The number of rotatable bonds is 6. The molecule has 192 valence electrons. The Hall–Kier alpha value is -3.40. The van der Waals surface area contributed by atoms with Crippen molar-refractivity contribution in [3.63, 3.8) is 0 Å². The monoisotopic (exact) mass is 492 g/mol. The maximum atomic E-state index is 13.0. The summed E-state index contributed by atoms with van der Waals surface area (Å²) in [5.41, 5.74) is 2.14. The van der Waals surface area contributed by atoms with Crippen molar-refractivity contribution in [2.45, 2.75) is 57.5 Å². The van der Waals surface area contributed by atoms with E-state index in [1.165, 1.54) is 0 Å². The molecular weight excluding hydrogens is 456 g/mol. The number of nitrogens with zero attached hydrogens (tertiary/aromatic N) is 6. The number of hydrazine groups is 1. The van der Waals surface area contributed by atoms with E-state index in [1.807, 2.05) is 31.2 Å². The number of carbonyl (C=O) groups is 2. The largest absolute Gasteiger partial charge is 0.349 e. The van der Waals surface area contributed by atoms with Crippen LogP contribution < -0.4 is 20.5 Å². The minimum atomic E-state index is -0.0599. The van der Waals surface area contributed by atoms with Gasteiger partial charge in [0.15, 0.2) is 5.82 Å². The number of benzene rings is 1. The van der Waals surface area contributed by atoms with Gasteiger partial charge in [0, 0.05) is 30.9 Å². The highest BCUT2D eigenvalue weighted by molar-refractivity contribution is 5.98. The summed E-state index contributed by atoms with van der Waals surface area (Å²) in [6, 6.07) is 7.81. The van der Waals surface area contributed by atoms with Gasteiger partial charge in [-0.3, -0.25) is 14.7 Å². The number of piperidine rings is 1. The second-order valence-corrected chi connectivity index (χ2v) is 10.00. The summed E-state index contributed by atoms with van der Waals surface area (Å²) in [7, 11) is 3.88. The Kier molecular flexibility index (Phi) is 6.95. The molecule has 2 fully saturated rings. The number of anilines is 4. The highest BCUT2D eigenvalue weighted by Gasteiger charge is 2.39. The fraction of sp³-hybridized carbons (Fsp3) is 0.538. The number of nitrogens with one attached hydrogen (secondary N) is 2. The van der Waals surface area contributed by atoms with E-state index in [9.17, 15) is 9.59 Å². The number of hydrogen-bond acceptors (Lipinski definition) is 7. The molecule has 0 radical (unpaired) electrons. The van der Waals surface area contributed by atoms with E-state index in [0.29, 0.717) is 23.7 Å². The summed E-state index contributed by atoms with van der Waals surface area (Å²) < 4.78 is 0. The molecule has 3 amide bonds. The van der Waals surface area contributed by atoms with E-state index in [2.05, 4.69) is 32.6 Å². The molecule has 2 N–H and O–H groups in total. The third kappa shape index (κ3) is 4.82. The number of aromatic nitrogens is 2. The van der Waals surface area contributed by atoms with Crippen LogP contribution in [-0.2, 0) is 0 Å². The molecule has 36 heavy (non-hydrogen) atoms. The Balaban J connectivity index is 1.31. The Morgan fingerprint density at radius 1 is 1.06 bits per heavy atom. The molecule has 2 aromatic rings. The highest BCUT2D eigenvalue weighted by atomic mass is 16.2. The van der Waals surface area contributed by atoms with Crippen molar-refractivity contribution in [2.24, 2.45) is 0 Å². The molecule has 1 aromatic carbocycles. The minimum Gasteiger partial charge on any atom is -0.349 e. The number of amides is 3. The van der Waals surface area contributed by atoms with Crippen molar-refractivity contribution in [3.8, 4) is 0 Å². The van der Waals surface area contributed by atoms with E-state index in [0.717, 1.165) is 63.1 Å². The number of likely N-dealkylation sites (tertiary alicyclic amines) is 1. The quantitative estimate of drug-likeness (QED) is 0.636. The molecule has 1 aromatic heterocycles. The average molecular weight is 493 g/mol. The Morgan fingerprint density at radius 3 is 2.42 bits per heavy atom. The summed E-state index contributed by atoms with van der Waals surface area (Å²) in [5, 5.41) is 10.3. The molecule has 2 aliphatic heterocycles. The second kappa shape index (κ2) is 10.3. The van der Waals surface area contributed by atoms with Crippen LogP contribution >= 0.6 is 0 Å². The smallest absolute Gasteiger partial charge is 0.343 e. The topological polar surface area (TPSA) is 96.9 Å². The lowest BCUT2D eigenvalue weighted by molar-refractivity contribution is 0.0917. The highest BCUT2D eigenvalue weighted by Crippen LogP contribution is 2.38. The van der Waals surface area contributed by atoms with Gasteiger partial charge in [0.25, 0.3) is 5.91 Å². The summed E-state index contributed by atoms with van der Waals surface area (Å²) >= 11 is 0. The van der Waals surface area contributed by atoms with Crippen molar-refractivity contribution in [1.29, 1.82) is 0 Å². The Bertz CT molecular complexity index is 1090. The minimum absolute atomic E-state index is 0.0410. The SMILES string of the molecule is CCN1C(=O)N(C)c2cnc(Nc3ccc(C(=O)NC4CCN(C)CC4)cc3)nc2N1C1CCCC1. The van der Waals surface area contributed by atoms with Gasteiger partial charge in [0.1, 0.15) is 5.69 Å². The number of carbonyl (C=O) groups excluding carboxylic acids is 2. The third-order valence-electron chi connectivity index (χ3n) is 7.52. The number of hydrogen-bond donors (Lipinski definition) is 2. The molecule has 0 spiro atoms. The molecule has 3 heterocycles. The van der Waals surface area contributed by atoms with Gasteiger partial charge in [-0.15, -0.1) is 0 Å². The van der Waals surface area contributed by atoms with Crippen LogP contribution in [0.15, 0.2) is 30.5 Å². The molecule has 10 nitrogen and oxygen atoms in total. The molecule has 3 aliphatic rings. The van der Waals surface area contributed by atoms with Crippen molar-refractivity contribution >= 4 is 35.1 Å². The fourth-order valence-electron chi connectivity index (χ4n) is 5.38. The van der Waals surface area contributed by atoms with E-state index in [1.54, 1.807) is 23.2 Å². The van der Waals surface area contributed by atoms with Crippen molar-refractivity contribution in [3.05, 3.63) is 36.0 Å². The first-order valence-electron chi connectivity index (χ1n) is 13.0. The van der Waals surface area contributed by atoms with Crippen LogP contribution in [0.1, 0.15) is 55.8 Å². The van der Waals surface area contributed by atoms with E-state index in [4.69, 9.17) is 4.98 Å². The van der Waals surface area contributed by atoms with Crippen molar-refractivity contribution < 1.29 is 9.59 Å². The summed E-state index contributed by atoms with van der Waals surface area (Å²) in [6.45, 7) is 4.58. The first-order chi connectivity index (χ1) is 17.4. The van der Waals surface area contributed by atoms with E-state index in [-0.39, 0.29) is 24.0 Å². The van der Waals surface area contributed by atoms with Crippen LogP contribution in [0.5, 0.6) is 0 Å². The molecule has 0 atom stereocenters. The number of urea groups is 1. The lowest BCUT2D eigenvalue weighted by Crippen LogP contribution is -2.59. The molecule has 0 bridgehead atoms. The normalized spacial score (nSPS) is 19.5. The summed E-state index contributed by atoms with van der Waals surface area (Å²) in [5.74, 6) is 1.16. The van der Waals surface area contributed by atoms with Crippen molar-refractivity contribution in [1.82, 2.24) is 25.2 Å². The maximum absolute atomic E-state index is 13.0. The van der Waals surface area contributed by atoms with Gasteiger partial charge >= 0.3 is 6.03 Å². The molecule has 1 saturated carbocycles. The summed E-state index contributed by atoms with van der Waals surface area (Å²) in [6.07, 6.45) is 8.07. The zero-order valence-corrected chi connectivity index (χ0v) is 21.4. The average Bonchev–Trinajstić information content (AvgIpc) is 3.42. The zero-order valence-electron chi connectivity index (χ0n) is 21.4. The second-order valence-electron chi connectivity index (χ2n) is 10.00. The van der Waals surface area contributed by atoms with Gasteiger partial charge in [-0.2, -0.15) is 4.98 Å². The van der Waals surface area contributed by atoms with Crippen LogP contribution in [0.25, 0.3) is 0 Å². The zero-order chi connectivity index (χ0) is 25.2. The van der Waals surface area contributed by atoms with Crippen molar-refractivity contribution in [2.75, 3.05) is 49.0 Å². The van der Waals surface area contributed by atoms with Crippen LogP contribution in [-0.4, -0.2) is 77.6 Å². The molecule has 1 aliphatic carbocycles. The van der Waals surface area contributed by atoms with Crippen LogP contribution in [0.2, 0.25) is 0 Å². The van der Waals surface area contributed by atoms with Gasteiger partial charge in [0.05, 0.1) is 12.2 Å². The van der Waals surface area contributed by atoms with Crippen LogP contribution in [0.4, 0.5) is 27.9 Å². The lowest BCUT2D eigenvalue weighted by atomic mass is 10.0. The van der Waals surface area contributed by atoms with Crippen LogP contribution in [0, 0.1) is 0 Å². The van der Waals surface area contributed by atoms with E-state index < -0.39 is 0 Å². The van der Waals surface area contributed by atoms with Crippen LogP contribution in [0.3, 0.4) is 0 Å². The first kappa shape index (κ1) is 24.3. The molecule has 1 saturated heterocycles. The molecule has 5 rings (SSSR count). The van der Waals surface area contributed by atoms with Gasteiger partial charge in [0.2, 0.25) is 5.95 Å². The first-order valence-corrected chi connectivity index (χ1v) is 13.0. The Morgan fingerprint density at radius 2 is 1.75 bits per heavy atom. The predicted molar refractivity (Wildman–Crippen MR) is 141 cm³/mol. The van der Waals surface area contributed by atoms with Gasteiger partial charge < -0.3 is 15.5 Å². The lowest BCUT2D eigenvalue weighted by Gasteiger charge is -2.45. The summed E-state index contributed by atoms with van der Waals surface area (Å²) in [4.78, 5) is 38.9. The molecule has 0 unspecified atom stereocenters. The maximum Gasteiger partial charge on any atom is 0.343 e. The van der Waals surface area contributed by atoms with Gasteiger partial charge in [-0.1, -0.05) is 12.8 Å². The fourth-order valence-corrected chi connectivity index (χ4v) is 5.38. The van der Waals surface area contributed by atoms with E-state index >= 15 is 0 Å². The van der Waals surface area contributed by atoms with Gasteiger partial charge in [-0.25, -0.2) is 14.8 Å².